The third-order valence-corrected chi connectivity index (χ3v) is 5.32. The summed E-state index contributed by atoms with van der Waals surface area (Å²) in [6.07, 6.45) is -2.41. The van der Waals surface area contributed by atoms with Gasteiger partial charge in [-0.1, -0.05) is 29.8 Å². The summed E-state index contributed by atoms with van der Waals surface area (Å²) in [5.74, 6) is 0. The highest BCUT2D eigenvalue weighted by Crippen LogP contribution is 2.38. The third kappa shape index (κ3) is 3.08. The number of aryl methyl sites for hydroxylation is 1. The molecule has 1 aliphatic rings. The van der Waals surface area contributed by atoms with Crippen molar-refractivity contribution in [1.82, 2.24) is 4.31 Å². The molecule has 1 saturated heterocycles. The molecule has 0 amide bonds. The Balaban J connectivity index is 2.28. The van der Waals surface area contributed by atoms with Crippen LogP contribution in [0.1, 0.15) is 17.2 Å². The van der Waals surface area contributed by atoms with E-state index in [1.807, 2.05) is 0 Å². The Morgan fingerprint density at radius 2 is 1.76 bits per heavy atom. The molecular weight excluding hydrogens is 304 g/mol. The Hall–Kier alpha value is -1.09. The van der Waals surface area contributed by atoms with E-state index < -0.39 is 21.4 Å². The highest BCUT2D eigenvalue weighted by molar-refractivity contribution is 7.90. The lowest BCUT2D eigenvalue weighted by molar-refractivity contribution is -0.0498. The van der Waals surface area contributed by atoms with Gasteiger partial charge in [0.25, 0.3) is 10.0 Å². The number of halogens is 2. The first-order chi connectivity index (χ1) is 9.76. The van der Waals surface area contributed by atoms with Crippen LogP contribution in [-0.4, -0.2) is 49.4 Å². The van der Waals surface area contributed by atoms with E-state index in [0.717, 1.165) is 5.56 Å². The average Bonchev–Trinajstić information content (AvgIpc) is 2.48. The van der Waals surface area contributed by atoms with Crippen LogP contribution < -0.4 is 0 Å². The van der Waals surface area contributed by atoms with Crippen molar-refractivity contribution in [3.63, 3.8) is 0 Å². The number of aliphatic hydroxyl groups is 1. The summed E-state index contributed by atoms with van der Waals surface area (Å²) in [6, 6.07) is 5.66. The van der Waals surface area contributed by atoms with Gasteiger partial charge in [0, 0.05) is 13.1 Å². The van der Waals surface area contributed by atoms with E-state index in [4.69, 9.17) is 4.74 Å². The van der Waals surface area contributed by atoms with Crippen LogP contribution in [-0.2, 0) is 14.8 Å². The molecule has 1 aromatic rings. The SMILES string of the molecule is Cc1ccc(C(O)C(F)(F)S(=O)(=O)N2CCOCC2)cc1. The summed E-state index contributed by atoms with van der Waals surface area (Å²) in [6.45, 7) is 1.61. The molecule has 1 fully saturated rings. The fourth-order valence-corrected chi connectivity index (χ4v) is 3.44. The molecular formula is C13H17F2NO4S. The van der Waals surface area contributed by atoms with Gasteiger partial charge in [0.1, 0.15) is 0 Å². The van der Waals surface area contributed by atoms with Gasteiger partial charge in [0.2, 0.25) is 0 Å². The van der Waals surface area contributed by atoms with E-state index in [9.17, 15) is 22.3 Å². The average molecular weight is 321 g/mol. The van der Waals surface area contributed by atoms with E-state index in [1.165, 1.54) is 24.3 Å². The van der Waals surface area contributed by atoms with E-state index in [-0.39, 0.29) is 31.9 Å². The van der Waals surface area contributed by atoms with Crippen molar-refractivity contribution in [2.24, 2.45) is 0 Å². The highest BCUT2D eigenvalue weighted by atomic mass is 32.2. The summed E-state index contributed by atoms with van der Waals surface area (Å²) in [5, 5.41) is 5.53. The molecule has 0 saturated carbocycles. The fourth-order valence-electron chi connectivity index (χ4n) is 2.04. The maximum atomic E-state index is 14.2. The van der Waals surface area contributed by atoms with Crippen LogP contribution in [0, 0.1) is 6.92 Å². The summed E-state index contributed by atoms with van der Waals surface area (Å²) in [7, 11) is -4.95. The number of rotatable bonds is 4. The zero-order valence-electron chi connectivity index (χ0n) is 11.5. The van der Waals surface area contributed by atoms with Crippen molar-refractivity contribution in [2.45, 2.75) is 18.3 Å². The molecule has 1 heterocycles. The monoisotopic (exact) mass is 321 g/mol. The predicted molar refractivity (Wildman–Crippen MR) is 72.4 cm³/mol. The first-order valence-corrected chi connectivity index (χ1v) is 7.90. The summed E-state index contributed by atoms with van der Waals surface area (Å²) >= 11 is 0. The Morgan fingerprint density at radius 3 is 2.29 bits per heavy atom. The second-order valence-electron chi connectivity index (χ2n) is 4.89. The van der Waals surface area contributed by atoms with Crippen LogP contribution in [0.4, 0.5) is 8.78 Å². The summed E-state index contributed by atoms with van der Waals surface area (Å²) in [4.78, 5) is 0. The van der Waals surface area contributed by atoms with Crippen LogP contribution >= 0.6 is 0 Å². The van der Waals surface area contributed by atoms with Crippen molar-refractivity contribution >= 4 is 10.0 Å². The minimum Gasteiger partial charge on any atom is -0.381 e. The Labute approximate surface area is 122 Å². The molecule has 1 atom stereocenters. The molecule has 8 heteroatoms. The van der Waals surface area contributed by atoms with Gasteiger partial charge in [-0.2, -0.15) is 13.1 Å². The third-order valence-electron chi connectivity index (χ3n) is 3.37. The Morgan fingerprint density at radius 1 is 1.24 bits per heavy atom. The molecule has 118 valence electrons. The van der Waals surface area contributed by atoms with Gasteiger partial charge in [0.15, 0.2) is 6.10 Å². The van der Waals surface area contributed by atoms with Gasteiger partial charge in [-0.15, -0.1) is 0 Å². The molecule has 0 radical (unpaired) electrons. The fraction of sp³-hybridized carbons (Fsp3) is 0.538. The number of sulfonamides is 1. The van der Waals surface area contributed by atoms with E-state index in [2.05, 4.69) is 0 Å². The number of hydrogen-bond acceptors (Lipinski definition) is 4. The minimum atomic E-state index is -4.95. The van der Waals surface area contributed by atoms with Crippen molar-refractivity contribution in [3.05, 3.63) is 35.4 Å². The first kappa shape index (κ1) is 16.3. The molecule has 1 aliphatic heterocycles. The smallest absolute Gasteiger partial charge is 0.381 e. The zero-order valence-corrected chi connectivity index (χ0v) is 12.3. The maximum Gasteiger partial charge on any atom is 0.388 e. The molecule has 2 rings (SSSR count). The number of nitrogens with zero attached hydrogens (tertiary/aromatic N) is 1. The Bertz CT molecular complexity index is 583. The second kappa shape index (κ2) is 5.96. The largest absolute Gasteiger partial charge is 0.388 e. The number of alkyl halides is 2. The topological polar surface area (TPSA) is 66.8 Å². The summed E-state index contributed by atoms with van der Waals surface area (Å²) in [5.41, 5.74) is 0.688. The summed E-state index contributed by atoms with van der Waals surface area (Å²) < 4.78 is 58.2. The van der Waals surface area contributed by atoms with Crippen LogP contribution in [0.2, 0.25) is 0 Å². The first-order valence-electron chi connectivity index (χ1n) is 6.46. The normalized spacial score (nSPS) is 19.4. The van der Waals surface area contributed by atoms with Crippen molar-refractivity contribution in [3.8, 4) is 0 Å². The van der Waals surface area contributed by atoms with Crippen molar-refractivity contribution in [1.29, 1.82) is 0 Å². The number of benzene rings is 1. The van der Waals surface area contributed by atoms with E-state index >= 15 is 0 Å². The van der Waals surface area contributed by atoms with Gasteiger partial charge in [-0.3, -0.25) is 0 Å². The van der Waals surface area contributed by atoms with Gasteiger partial charge in [-0.05, 0) is 12.5 Å². The van der Waals surface area contributed by atoms with Gasteiger partial charge in [-0.25, -0.2) is 8.42 Å². The standard InChI is InChI=1S/C13H17F2NO4S/c1-10-2-4-11(5-3-10)12(17)13(14,15)21(18,19)16-6-8-20-9-7-16/h2-5,12,17H,6-9H2,1H3. The number of ether oxygens (including phenoxy) is 1. The molecule has 5 nitrogen and oxygen atoms in total. The van der Waals surface area contributed by atoms with Crippen molar-refractivity contribution in [2.75, 3.05) is 26.3 Å². The lowest BCUT2D eigenvalue weighted by Gasteiger charge is -2.31. The zero-order chi connectivity index (χ0) is 15.7. The number of morpholine rings is 1. The quantitative estimate of drug-likeness (QED) is 0.907. The molecule has 1 aromatic carbocycles. The van der Waals surface area contributed by atoms with Crippen LogP contribution in [0.25, 0.3) is 0 Å². The van der Waals surface area contributed by atoms with E-state index in [0.29, 0.717) is 4.31 Å². The van der Waals surface area contributed by atoms with Gasteiger partial charge in [0.05, 0.1) is 13.2 Å². The molecule has 0 aromatic heterocycles. The maximum absolute atomic E-state index is 14.2. The predicted octanol–water partition coefficient (Wildman–Crippen LogP) is 1.28. The Kier molecular flexibility index (Phi) is 4.62. The number of aliphatic hydroxyl groups excluding tert-OH is 1. The second-order valence-corrected chi connectivity index (χ2v) is 6.90. The van der Waals surface area contributed by atoms with Crippen LogP contribution in [0.3, 0.4) is 0 Å². The molecule has 0 aliphatic carbocycles. The molecule has 21 heavy (non-hydrogen) atoms. The van der Waals surface area contributed by atoms with Crippen LogP contribution in [0.5, 0.6) is 0 Å². The molecule has 1 unspecified atom stereocenters. The lowest BCUT2D eigenvalue weighted by Crippen LogP contribution is -2.50. The minimum absolute atomic E-state index is 0.0654. The van der Waals surface area contributed by atoms with Gasteiger partial charge >= 0.3 is 5.25 Å². The van der Waals surface area contributed by atoms with Crippen LogP contribution in [0.15, 0.2) is 24.3 Å². The highest BCUT2D eigenvalue weighted by Gasteiger charge is 2.55. The number of hydrogen-bond donors (Lipinski definition) is 1. The van der Waals surface area contributed by atoms with E-state index in [1.54, 1.807) is 6.92 Å². The molecule has 0 bridgehead atoms. The lowest BCUT2D eigenvalue weighted by atomic mass is 10.1. The molecule has 1 N–H and O–H groups in total. The van der Waals surface area contributed by atoms with Gasteiger partial charge < -0.3 is 9.84 Å². The molecule has 0 spiro atoms. The van der Waals surface area contributed by atoms with Crippen molar-refractivity contribution < 1.29 is 27.0 Å².